The van der Waals surface area contributed by atoms with Crippen LogP contribution in [0.5, 0.6) is 5.75 Å². The molecule has 11 nitrogen and oxygen atoms in total. The van der Waals surface area contributed by atoms with Crippen LogP contribution in [0.25, 0.3) is 10.9 Å². The summed E-state index contributed by atoms with van der Waals surface area (Å²) in [5.74, 6) is 0.168. The molecule has 2 saturated heterocycles. The van der Waals surface area contributed by atoms with Crippen molar-refractivity contribution in [3.8, 4) is 5.75 Å². The van der Waals surface area contributed by atoms with Crippen molar-refractivity contribution in [1.82, 2.24) is 19.8 Å². The molecule has 3 heterocycles. The van der Waals surface area contributed by atoms with E-state index < -0.39 is 11.9 Å². The smallest absolute Gasteiger partial charge is 0.306 e. The Bertz CT molecular complexity index is 1610. The summed E-state index contributed by atoms with van der Waals surface area (Å²) in [5, 5.41) is 6.70. The lowest BCUT2D eigenvalue weighted by Gasteiger charge is -2.35. The first kappa shape index (κ1) is 29.8. The molecule has 2 aromatic carbocycles. The highest BCUT2D eigenvalue weighted by Crippen LogP contribution is 2.36. The van der Waals surface area contributed by atoms with Gasteiger partial charge in [-0.1, -0.05) is 17.7 Å². The van der Waals surface area contributed by atoms with Crippen LogP contribution in [0.4, 0.5) is 21.6 Å². The van der Waals surface area contributed by atoms with Gasteiger partial charge < -0.3 is 25.0 Å². The van der Waals surface area contributed by atoms with Crippen LogP contribution < -0.4 is 15.4 Å². The maximum absolute atomic E-state index is 13.7. The molecule has 1 atom stereocenters. The minimum atomic E-state index is -0.661. The summed E-state index contributed by atoms with van der Waals surface area (Å²) >= 11 is 5.95. The van der Waals surface area contributed by atoms with Crippen LogP contribution >= 0.6 is 11.6 Å². The molecular formula is C31H32ClFN6O5. The van der Waals surface area contributed by atoms with Crippen LogP contribution in [0.2, 0.25) is 5.02 Å². The summed E-state index contributed by atoms with van der Waals surface area (Å²) in [5.41, 5.74) is 1.63. The zero-order valence-corrected chi connectivity index (χ0v) is 24.7. The molecule has 0 spiro atoms. The number of anilines is 3. The lowest BCUT2D eigenvalue weighted by molar-refractivity contribution is -0.153. The predicted octanol–water partition coefficient (Wildman–Crippen LogP) is 4.30. The van der Waals surface area contributed by atoms with Gasteiger partial charge in [0.25, 0.3) is 5.91 Å². The third kappa shape index (κ3) is 7.25. The number of benzene rings is 2. The Morgan fingerprint density at radius 2 is 1.93 bits per heavy atom. The van der Waals surface area contributed by atoms with Crippen LogP contribution in [0, 0.1) is 11.7 Å². The fourth-order valence-corrected chi connectivity index (χ4v) is 5.32. The number of nitrogens with one attached hydrogen (secondary N) is 2. The molecule has 1 aliphatic carbocycles. The summed E-state index contributed by atoms with van der Waals surface area (Å²) in [6, 6.07) is 7.82. The van der Waals surface area contributed by atoms with Crippen LogP contribution in [-0.4, -0.2) is 83.0 Å². The summed E-state index contributed by atoms with van der Waals surface area (Å²) in [4.78, 5) is 49.5. The number of ether oxygens (including phenoxy) is 2. The zero-order valence-electron chi connectivity index (χ0n) is 23.9. The van der Waals surface area contributed by atoms with Crippen molar-refractivity contribution >= 4 is 57.5 Å². The van der Waals surface area contributed by atoms with Gasteiger partial charge in [-0.15, -0.1) is 0 Å². The summed E-state index contributed by atoms with van der Waals surface area (Å²) < 4.78 is 24.9. The van der Waals surface area contributed by atoms with Gasteiger partial charge in [-0.05, 0) is 43.0 Å². The molecule has 1 saturated carbocycles. The molecule has 1 aromatic heterocycles. The van der Waals surface area contributed by atoms with Gasteiger partial charge in [0.1, 0.15) is 23.7 Å². The summed E-state index contributed by atoms with van der Waals surface area (Å²) in [7, 11) is 0. The van der Waals surface area contributed by atoms with Crippen LogP contribution in [0.1, 0.15) is 25.7 Å². The first-order chi connectivity index (χ1) is 21.3. The molecule has 3 aromatic rings. The number of nitrogens with zero attached hydrogens (tertiary/aromatic N) is 4. The molecule has 6 rings (SSSR count). The van der Waals surface area contributed by atoms with E-state index in [-0.39, 0.29) is 29.2 Å². The van der Waals surface area contributed by atoms with Crippen molar-refractivity contribution in [2.24, 2.45) is 5.92 Å². The second-order valence-electron chi connectivity index (χ2n) is 11.1. The molecule has 0 bridgehead atoms. The zero-order chi connectivity index (χ0) is 30.6. The van der Waals surface area contributed by atoms with E-state index in [1.165, 1.54) is 24.5 Å². The van der Waals surface area contributed by atoms with Crippen LogP contribution in [-0.2, 0) is 19.1 Å². The second kappa shape index (κ2) is 13.1. The van der Waals surface area contributed by atoms with Gasteiger partial charge in [0.15, 0.2) is 6.10 Å². The number of amides is 2. The highest BCUT2D eigenvalue weighted by molar-refractivity contribution is 6.31. The second-order valence-corrected chi connectivity index (χ2v) is 11.5. The van der Waals surface area contributed by atoms with E-state index in [9.17, 15) is 18.8 Å². The fourth-order valence-electron chi connectivity index (χ4n) is 5.14. The van der Waals surface area contributed by atoms with E-state index in [0.29, 0.717) is 85.5 Å². The lowest BCUT2D eigenvalue weighted by atomic mass is 10.1. The normalized spacial score (nSPS) is 18.9. The fraction of sp³-hybridized carbons (Fsp3) is 0.387. The number of esters is 1. The molecular weight excluding hydrogens is 591 g/mol. The van der Waals surface area contributed by atoms with Gasteiger partial charge in [0.05, 0.1) is 22.8 Å². The first-order valence-corrected chi connectivity index (χ1v) is 15.0. The number of piperazine rings is 1. The van der Waals surface area contributed by atoms with Gasteiger partial charge >= 0.3 is 5.97 Å². The monoisotopic (exact) mass is 622 g/mol. The highest BCUT2D eigenvalue weighted by Gasteiger charge is 2.34. The Labute approximate surface area is 258 Å². The summed E-state index contributed by atoms with van der Waals surface area (Å²) in [6.07, 6.45) is 6.97. The topological polar surface area (TPSA) is 126 Å². The number of rotatable bonds is 10. The van der Waals surface area contributed by atoms with E-state index in [0.717, 1.165) is 12.8 Å². The first-order valence-electron chi connectivity index (χ1n) is 14.6. The van der Waals surface area contributed by atoms with E-state index in [1.807, 2.05) is 0 Å². The largest absolute Gasteiger partial charge is 0.491 e. The molecule has 3 fully saturated rings. The molecule has 2 N–H and O–H groups in total. The maximum Gasteiger partial charge on any atom is 0.306 e. The quantitative estimate of drug-likeness (QED) is 0.251. The van der Waals surface area contributed by atoms with Gasteiger partial charge in [-0.25, -0.2) is 14.4 Å². The van der Waals surface area contributed by atoms with Gasteiger partial charge in [0.2, 0.25) is 5.91 Å². The van der Waals surface area contributed by atoms with Gasteiger partial charge in [0, 0.05) is 68.8 Å². The van der Waals surface area contributed by atoms with Crippen LogP contribution in [0.15, 0.2) is 48.8 Å². The SMILES string of the molecule is O=C(/C=C/CN1CCN(C(=O)C2CCC(=O)O2)CC1)Nc1cc2c(Nc3ccc(F)c(Cl)c3)ncnc2cc1OCC1CC1. The van der Waals surface area contributed by atoms with Crippen molar-refractivity contribution in [1.29, 1.82) is 0 Å². The van der Waals surface area contributed by atoms with Crippen molar-refractivity contribution in [3.63, 3.8) is 0 Å². The summed E-state index contributed by atoms with van der Waals surface area (Å²) in [6.45, 7) is 3.46. The van der Waals surface area contributed by atoms with Crippen molar-refractivity contribution in [3.05, 3.63) is 59.7 Å². The standard InChI is InChI=1S/C31H32ClFN6O5/c32-22-14-20(5-6-23(22)33)36-30-21-15-25(27(43-17-19-3-4-19)16-24(21)34-18-35-30)37-28(40)2-1-9-38-10-12-39(13-11-38)31(42)26-7-8-29(41)44-26/h1-2,5-6,14-16,18-19,26H,3-4,7-13,17H2,(H,37,40)(H,34,35,36)/b2-1+. The Balaban J connectivity index is 1.10. The highest BCUT2D eigenvalue weighted by atomic mass is 35.5. The van der Waals surface area contributed by atoms with E-state index in [2.05, 4.69) is 25.5 Å². The molecule has 1 unspecified atom stereocenters. The molecule has 13 heteroatoms. The van der Waals surface area contributed by atoms with Crippen molar-refractivity contribution in [2.75, 3.05) is 50.0 Å². The van der Waals surface area contributed by atoms with E-state index >= 15 is 0 Å². The third-order valence-electron chi connectivity index (χ3n) is 7.82. The Hall–Kier alpha value is -4.29. The average molecular weight is 623 g/mol. The molecule has 2 aliphatic heterocycles. The van der Waals surface area contributed by atoms with Gasteiger partial charge in [-0.2, -0.15) is 0 Å². The molecule has 2 amide bonds. The average Bonchev–Trinajstić information content (AvgIpc) is 3.75. The Morgan fingerprint density at radius 1 is 1.11 bits per heavy atom. The number of carbonyl (C=O) groups is 3. The maximum atomic E-state index is 13.7. The van der Waals surface area contributed by atoms with Crippen molar-refractivity contribution < 1.29 is 28.2 Å². The number of aromatic nitrogens is 2. The molecule has 0 radical (unpaired) electrons. The van der Waals surface area contributed by atoms with Crippen LogP contribution in [0.3, 0.4) is 0 Å². The lowest BCUT2D eigenvalue weighted by Crippen LogP contribution is -2.51. The third-order valence-corrected chi connectivity index (χ3v) is 8.11. The molecule has 44 heavy (non-hydrogen) atoms. The molecule has 3 aliphatic rings. The molecule has 230 valence electrons. The number of carbonyl (C=O) groups excluding carboxylic acids is 3. The van der Waals surface area contributed by atoms with Crippen molar-refractivity contribution in [2.45, 2.75) is 31.8 Å². The number of halogens is 2. The predicted molar refractivity (Wildman–Crippen MR) is 162 cm³/mol. The number of fused-ring (bicyclic) bond motifs is 1. The Kier molecular flexibility index (Phi) is 8.89. The van der Waals surface area contributed by atoms with E-state index in [1.54, 1.807) is 29.2 Å². The van der Waals surface area contributed by atoms with Gasteiger partial charge in [-0.3, -0.25) is 19.3 Å². The minimum Gasteiger partial charge on any atom is -0.491 e. The Morgan fingerprint density at radius 3 is 2.66 bits per heavy atom. The number of cyclic esters (lactones) is 1. The number of hydrogen-bond acceptors (Lipinski definition) is 9. The minimum absolute atomic E-state index is 0.0180. The number of hydrogen-bond donors (Lipinski definition) is 2. The van der Waals surface area contributed by atoms with E-state index in [4.69, 9.17) is 21.1 Å².